The maximum atomic E-state index is 12.9. The molecule has 0 aliphatic rings. The van der Waals surface area contributed by atoms with Crippen LogP contribution in [0.3, 0.4) is 0 Å². The van der Waals surface area contributed by atoms with Gasteiger partial charge in [0.1, 0.15) is 10.8 Å². The molecule has 0 radical (unpaired) electrons. The molecule has 154 valence electrons. The fourth-order valence-electron chi connectivity index (χ4n) is 2.68. The highest BCUT2D eigenvalue weighted by Crippen LogP contribution is 2.31. The number of carboxylic acids is 1. The van der Waals surface area contributed by atoms with Gasteiger partial charge in [-0.25, -0.2) is 4.79 Å². The molecule has 1 heterocycles. The molecule has 0 fully saturated rings. The second-order valence-electron chi connectivity index (χ2n) is 6.35. The molecule has 0 aliphatic heterocycles. The van der Waals surface area contributed by atoms with E-state index < -0.39 is 5.97 Å². The van der Waals surface area contributed by atoms with Gasteiger partial charge in [0.2, 0.25) is 5.91 Å². The van der Waals surface area contributed by atoms with Gasteiger partial charge in [-0.1, -0.05) is 13.0 Å². The summed E-state index contributed by atoms with van der Waals surface area (Å²) in [6.45, 7) is 1.97. The molecule has 1 amide bonds. The minimum atomic E-state index is -1.02. The largest absolute Gasteiger partial charge is 0.508 e. The summed E-state index contributed by atoms with van der Waals surface area (Å²) >= 11 is 2.57. The molecular formula is C22H19NO5S2. The second kappa shape index (κ2) is 9.60. The quantitative estimate of drug-likeness (QED) is 0.346. The van der Waals surface area contributed by atoms with Gasteiger partial charge >= 0.3 is 5.97 Å². The third kappa shape index (κ3) is 5.28. The maximum Gasteiger partial charge on any atom is 0.335 e. The number of hydrogen-bond donors (Lipinski definition) is 3. The maximum absolute atomic E-state index is 12.9. The number of aromatic carboxylic acids is 1. The van der Waals surface area contributed by atoms with Gasteiger partial charge in [0.05, 0.1) is 16.9 Å². The van der Waals surface area contributed by atoms with E-state index in [0.717, 1.165) is 11.3 Å². The number of anilines is 1. The molecule has 0 saturated carbocycles. The Morgan fingerprint density at radius 3 is 2.43 bits per heavy atom. The molecule has 3 N–H and O–H groups in total. The van der Waals surface area contributed by atoms with E-state index in [1.807, 2.05) is 6.92 Å². The lowest BCUT2D eigenvalue weighted by atomic mass is 10.0. The third-order valence-corrected chi connectivity index (χ3v) is 6.40. The van der Waals surface area contributed by atoms with Crippen molar-refractivity contribution in [3.05, 3.63) is 76.2 Å². The predicted octanol–water partition coefficient (Wildman–Crippen LogP) is 4.68. The number of aryl methyl sites for hydroxylation is 1. The van der Waals surface area contributed by atoms with Crippen molar-refractivity contribution < 1.29 is 24.6 Å². The molecule has 0 spiro atoms. The Morgan fingerprint density at radius 2 is 1.77 bits per heavy atom. The van der Waals surface area contributed by atoms with Gasteiger partial charge in [-0.3, -0.25) is 9.59 Å². The zero-order valence-corrected chi connectivity index (χ0v) is 17.7. The summed E-state index contributed by atoms with van der Waals surface area (Å²) in [5, 5.41) is 21.8. The number of nitrogens with one attached hydrogen (secondary N) is 1. The molecule has 6 nitrogen and oxygen atoms in total. The zero-order valence-electron chi connectivity index (χ0n) is 16.0. The molecule has 0 saturated heterocycles. The molecule has 3 aromatic rings. The highest BCUT2D eigenvalue weighted by Gasteiger charge is 2.19. The van der Waals surface area contributed by atoms with Crippen molar-refractivity contribution in [2.24, 2.45) is 0 Å². The Labute approximate surface area is 181 Å². The number of amides is 1. The van der Waals surface area contributed by atoms with Crippen LogP contribution < -0.4 is 5.32 Å². The summed E-state index contributed by atoms with van der Waals surface area (Å²) in [4.78, 5) is 38.1. The van der Waals surface area contributed by atoms with E-state index >= 15 is 0 Å². The van der Waals surface area contributed by atoms with Gasteiger partial charge < -0.3 is 15.5 Å². The SMILES string of the molecule is CCc1cc(C(=O)c2ccc(O)cc2)c(NC(=O)CSc2cccc(C(=O)O)c2)s1. The number of carboxylic acid groups (broad SMARTS) is 1. The molecule has 0 unspecified atom stereocenters. The zero-order chi connectivity index (χ0) is 21.7. The molecule has 0 bridgehead atoms. The van der Waals surface area contributed by atoms with Gasteiger partial charge in [-0.2, -0.15) is 0 Å². The number of thioether (sulfide) groups is 1. The number of ketones is 1. The van der Waals surface area contributed by atoms with Gasteiger partial charge in [0.25, 0.3) is 0 Å². The monoisotopic (exact) mass is 441 g/mol. The van der Waals surface area contributed by atoms with E-state index in [1.165, 1.54) is 59.5 Å². The van der Waals surface area contributed by atoms with Crippen molar-refractivity contribution in [1.29, 1.82) is 0 Å². The van der Waals surface area contributed by atoms with Crippen LogP contribution in [-0.4, -0.2) is 33.6 Å². The van der Waals surface area contributed by atoms with Gasteiger partial charge in [0, 0.05) is 15.3 Å². The fourth-order valence-corrected chi connectivity index (χ4v) is 4.44. The van der Waals surface area contributed by atoms with Crippen LogP contribution in [-0.2, 0) is 11.2 Å². The smallest absolute Gasteiger partial charge is 0.335 e. The Bertz CT molecular complexity index is 1090. The number of carbonyl (C=O) groups is 3. The Kier molecular flexibility index (Phi) is 6.91. The lowest BCUT2D eigenvalue weighted by molar-refractivity contribution is -0.113. The molecule has 0 atom stereocenters. The van der Waals surface area contributed by atoms with E-state index in [1.54, 1.807) is 18.2 Å². The van der Waals surface area contributed by atoms with Crippen LogP contribution in [0.2, 0.25) is 0 Å². The molecule has 8 heteroatoms. The van der Waals surface area contributed by atoms with Crippen LogP contribution in [0.25, 0.3) is 0 Å². The first-order valence-electron chi connectivity index (χ1n) is 9.09. The summed E-state index contributed by atoms with van der Waals surface area (Å²) in [6.07, 6.45) is 0.729. The second-order valence-corrected chi connectivity index (χ2v) is 8.54. The van der Waals surface area contributed by atoms with Gasteiger partial charge in [-0.05, 0) is 55.0 Å². The molecule has 1 aromatic heterocycles. The summed E-state index contributed by atoms with van der Waals surface area (Å²) in [5.41, 5.74) is 0.991. The third-order valence-electron chi connectivity index (χ3n) is 4.21. The first-order valence-corrected chi connectivity index (χ1v) is 10.9. The number of carbonyl (C=O) groups excluding carboxylic acids is 2. The van der Waals surface area contributed by atoms with Crippen LogP contribution in [0, 0.1) is 0 Å². The number of phenols is 1. The Hall–Kier alpha value is -3.10. The fraction of sp³-hybridized carbons (Fsp3) is 0.136. The number of rotatable bonds is 8. The topological polar surface area (TPSA) is 104 Å². The standard InChI is InChI=1S/C22H19NO5S2/c1-2-16-11-18(20(26)13-6-8-15(24)9-7-13)21(30-16)23-19(25)12-29-17-5-3-4-14(10-17)22(27)28/h3-11,24H,2,12H2,1H3,(H,23,25)(H,27,28). The van der Waals surface area contributed by atoms with Crippen LogP contribution in [0.15, 0.2) is 59.5 Å². The van der Waals surface area contributed by atoms with E-state index in [-0.39, 0.29) is 28.8 Å². The normalized spacial score (nSPS) is 10.6. The van der Waals surface area contributed by atoms with Gasteiger partial charge in [-0.15, -0.1) is 23.1 Å². The number of aromatic hydroxyl groups is 1. The number of hydrogen-bond acceptors (Lipinski definition) is 6. The highest BCUT2D eigenvalue weighted by molar-refractivity contribution is 8.00. The lowest BCUT2D eigenvalue weighted by Crippen LogP contribution is -2.15. The minimum absolute atomic E-state index is 0.0728. The number of phenolic OH excluding ortho intramolecular Hbond substituents is 1. The van der Waals surface area contributed by atoms with Crippen molar-refractivity contribution in [3.8, 4) is 5.75 Å². The van der Waals surface area contributed by atoms with E-state index in [0.29, 0.717) is 21.0 Å². The molecule has 2 aromatic carbocycles. The summed E-state index contributed by atoms with van der Waals surface area (Å²) in [7, 11) is 0. The summed E-state index contributed by atoms with van der Waals surface area (Å²) in [6, 6.07) is 14.1. The minimum Gasteiger partial charge on any atom is -0.508 e. The molecule has 30 heavy (non-hydrogen) atoms. The van der Waals surface area contributed by atoms with Crippen molar-refractivity contribution in [2.75, 3.05) is 11.1 Å². The average Bonchev–Trinajstić information content (AvgIpc) is 3.15. The number of benzene rings is 2. The summed E-state index contributed by atoms with van der Waals surface area (Å²) < 4.78 is 0. The van der Waals surface area contributed by atoms with E-state index in [2.05, 4.69) is 5.32 Å². The van der Waals surface area contributed by atoms with Crippen molar-refractivity contribution in [3.63, 3.8) is 0 Å². The van der Waals surface area contributed by atoms with Crippen molar-refractivity contribution in [2.45, 2.75) is 18.2 Å². The van der Waals surface area contributed by atoms with E-state index in [4.69, 9.17) is 5.11 Å². The molecule has 0 aliphatic carbocycles. The predicted molar refractivity (Wildman–Crippen MR) is 118 cm³/mol. The Morgan fingerprint density at radius 1 is 1.03 bits per heavy atom. The first-order chi connectivity index (χ1) is 14.4. The van der Waals surface area contributed by atoms with Gasteiger partial charge in [0.15, 0.2) is 5.78 Å². The van der Waals surface area contributed by atoms with Crippen LogP contribution in [0.5, 0.6) is 5.75 Å². The summed E-state index contributed by atoms with van der Waals surface area (Å²) in [5.74, 6) is -1.39. The van der Waals surface area contributed by atoms with Crippen LogP contribution in [0.4, 0.5) is 5.00 Å². The molecule has 3 rings (SSSR count). The van der Waals surface area contributed by atoms with Crippen molar-refractivity contribution >= 4 is 45.8 Å². The lowest BCUT2D eigenvalue weighted by Gasteiger charge is -2.07. The highest BCUT2D eigenvalue weighted by atomic mass is 32.2. The van der Waals surface area contributed by atoms with Crippen molar-refractivity contribution in [1.82, 2.24) is 0 Å². The first kappa shape index (κ1) is 21.6. The Balaban J connectivity index is 1.72. The average molecular weight is 442 g/mol. The number of thiophene rings is 1. The van der Waals surface area contributed by atoms with Crippen LogP contribution in [0.1, 0.15) is 38.1 Å². The van der Waals surface area contributed by atoms with Crippen LogP contribution >= 0.6 is 23.1 Å². The molecular weight excluding hydrogens is 422 g/mol. The van der Waals surface area contributed by atoms with E-state index in [9.17, 15) is 19.5 Å².